The lowest BCUT2D eigenvalue weighted by Crippen LogP contribution is -2.23. The summed E-state index contributed by atoms with van der Waals surface area (Å²) in [7, 11) is 0. The molecule has 0 bridgehead atoms. The van der Waals surface area contributed by atoms with Crippen molar-refractivity contribution in [3.05, 3.63) is 47.2 Å². The molecule has 0 aliphatic carbocycles. The molecule has 0 saturated carbocycles. The molecule has 3 rings (SSSR count). The molecular formula is C14H13N3O3. The van der Waals surface area contributed by atoms with E-state index in [-0.39, 0.29) is 18.4 Å². The second kappa shape index (κ2) is 4.80. The molecule has 6 nitrogen and oxygen atoms in total. The minimum Gasteiger partial charge on any atom is -0.444 e. The summed E-state index contributed by atoms with van der Waals surface area (Å²) in [4.78, 5) is 27.3. The molecule has 0 spiro atoms. The number of aryl methyl sites for hydroxylation is 1. The summed E-state index contributed by atoms with van der Waals surface area (Å²) >= 11 is 0. The number of anilines is 1. The van der Waals surface area contributed by atoms with Crippen molar-refractivity contribution >= 4 is 17.5 Å². The minimum absolute atomic E-state index is 0.0483. The SMILES string of the molecule is Cc1cnc(CNC(=O)c2ccc3c(c2)CC(=O)N3)o1. The predicted molar refractivity (Wildman–Crippen MR) is 71.2 cm³/mol. The molecule has 0 saturated heterocycles. The van der Waals surface area contributed by atoms with Crippen LogP contribution in [0.4, 0.5) is 5.69 Å². The zero-order valence-corrected chi connectivity index (χ0v) is 10.9. The standard InChI is InChI=1S/C14H13N3O3/c1-8-6-15-13(20-8)7-16-14(19)9-2-3-11-10(4-9)5-12(18)17-11/h2-4,6H,5,7H2,1H3,(H,16,19)(H,17,18). The third-order valence-electron chi connectivity index (χ3n) is 3.06. The molecule has 2 aromatic rings. The van der Waals surface area contributed by atoms with Crippen LogP contribution in [-0.4, -0.2) is 16.8 Å². The van der Waals surface area contributed by atoms with Crippen molar-refractivity contribution in [3.63, 3.8) is 0 Å². The van der Waals surface area contributed by atoms with Crippen molar-refractivity contribution in [2.24, 2.45) is 0 Å². The van der Waals surface area contributed by atoms with Crippen LogP contribution in [0.5, 0.6) is 0 Å². The number of oxazole rings is 1. The first kappa shape index (κ1) is 12.4. The van der Waals surface area contributed by atoms with Crippen LogP contribution in [0.1, 0.15) is 27.6 Å². The third kappa shape index (κ3) is 2.40. The van der Waals surface area contributed by atoms with Crippen molar-refractivity contribution in [1.82, 2.24) is 10.3 Å². The van der Waals surface area contributed by atoms with E-state index in [9.17, 15) is 9.59 Å². The maximum absolute atomic E-state index is 12.0. The lowest BCUT2D eigenvalue weighted by Gasteiger charge is -2.05. The van der Waals surface area contributed by atoms with E-state index >= 15 is 0 Å². The molecular weight excluding hydrogens is 258 g/mol. The first-order chi connectivity index (χ1) is 9.61. The minimum atomic E-state index is -0.219. The van der Waals surface area contributed by atoms with Crippen LogP contribution < -0.4 is 10.6 Å². The topological polar surface area (TPSA) is 84.2 Å². The number of nitrogens with zero attached hydrogens (tertiary/aromatic N) is 1. The maximum Gasteiger partial charge on any atom is 0.251 e. The van der Waals surface area contributed by atoms with Crippen LogP contribution in [0.15, 0.2) is 28.8 Å². The number of carbonyl (C=O) groups is 2. The van der Waals surface area contributed by atoms with E-state index in [4.69, 9.17) is 4.42 Å². The van der Waals surface area contributed by atoms with E-state index < -0.39 is 0 Å². The molecule has 0 atom stereocenters. The van der Waals surface area contributed by atoms with Gasteiger partial charge in [-0.25, -0.2) is 4.98 Å². The molecule has 102 valence electrons. The van der Waals surface area contributed by atoms with Gasteiger partial charge >= 0.3 is 0 Å². The van der Waals surface area contributed by atoms with Gasteiger partial charge in [-0.1, -0.05) is 0 Å². The van der Waals surface area contributed by atoms with Crippen molar-refractivity contribution in [2.75, 3.05) is 5.32 Å². The normalized spacial score (nSPS) is 12.9. The van der Waals surface area contributed by atoms with Gasteiger partial charge in [0.1, 0.15) is 5.76 Å². The van der Waals surface area contributed by atoms with Gasteiger partial charge in [0.2, 0.25) is 11.8 Å². The number of fused-ring (bicyclic) bond motifs is 1. The second-order valence-corrected chi connectivity index (χ2v) is 4.64. The Morgan fingerprint density at radius 3 is 3.10 bits per heavy atom. The van der Waals surface area contributed by atoms with E-state index in [0.717, 1.165) is 11.3 Å². The fourth-order valence-corrected chi connectivity index (χ4v) is 2.11. The van der Waals surface area contributed by atoms with Crippen LogP contribution in [-0.2, 0) is 17.8 Å². The molecule has 1 aliphatic heterocycles. The molecule has 1 aromatic heterocycles. The molecule has 1 aliphatic rings. The Kier molecular flexibility index (Phi) is 2.98. The highest BCUT2D eigenvalue weighted by Gasteiger charge is 2.19. The number of hydrogen-bond acceptors (Lipinski definition) is 4. The van der Waals surface area contributed by atoms with Gasteiger partial charge < -0.3 is 15.1 Å². The van der Waals surface area contributed by atoms with Gasteiger partial charge in [-0.3, -0.25) is 9.59 Å². The van der Waals surface area contributed by atoms with Gasteiger partial charge in [0.25, 0.3) is 5.91 Å². The Morgan fingerprint density at radius 2 is 2.35 bits per heavy atom. The highest BCUT2D eigenvalue weighted by molar-refractivity contribution is 6.01. The Hall–Kier alpha value is -2.63. The molecule has 0 fully saturated rings. The van der Waals surface area contributed by atoms with Crippen molar-refractivity contribution in [3.8, 4) is 0 Å². The van der Waals surface area contributed by atoms with Gasteiger partial charge in [-0.2, -0.15) is 0 Å². The number of carbonyl (C=O) groups excluding carboxylic acids is 2. The largest absolute Gasteiger partial charge is 0.444 e. The second-order valence-electron chi connectivity index (χ2n) is 4.64. The summed E-state index contributed by atoms with van der Waals surface area (Å²) < 4.78 is 5.28. The molecule has 2 amide bonds. The lowest BCUT2D eigenvalue weighted by molar-refractivity contribution is -0.115. The number of benzene rings is 1. The van der Waals surface area contributed by atoms with Crippen molar-refractivity contribution in [1.29, 1.82) is 0 Å². The fraction of sp³-hybridized carbons (Fsp3) is 0.214. The highest BCUT2D eigenvalue weighted by Crippen LogP contribution is 2.23. The first-order valence-corrected chi connectivity index (χ1v) is 6.24. The monoisotopic (exact) mass is 271 g/mol. The first-order valence-electron chi connectivity index (χ1n) is 6.24. The summed E-state index contributed by atoms with van der Waals surface area (Å²) in [5.41, 5.74) is 2.13. The number of rotatable bonds is 3. The Labute approximate surface area is 115 Å². The van der Waals surface area contributed by atoms with E-state index in [1.54, 1.807) is 31.3 Å². The number of hydrogen-bond donors (Lipinski definition) is 2. The van der Waals surface area contributed by atoms with Crippen LogP contribution >= 0.6 is 0 Å². The Balaban J connectivity index is 1.69. The van der Waals surface area contributed by atoms with Crippen LogP contribution in [0, 0.1) is 6.92 Å². The van der Waals surface area contributed by atoms with E-state index in [0.29, 0.717) is 23.6 Å². The molecule has 2 N–H and O–H groups in total. The number of nitrogens with one attached hydrogen (secondary N) is 2. The predicted octanol–water partition coefficient (Wildman–Crippen LogP) is 1.41. The summed E-state index contributed by atoms with van der Waals surface area (Å²) in [6.07, 6.45) is 1.92. The van der Waals surface area contributed by atoms with Crippen LogP contribution in [0.2, 0.25) is 0 Å². The average Bonchev–Trinajstić information content (AvgIpc) is 2.99. The molecule has 0 unspecified atom stereocenters. The van der Waals surface area contributed by atoms with Crippen LogP contribution in [0.25, 0.3) is 0 Å². The Bertz CT molecular complexity index is 691. The molecule has 20 heavy (non-hydrogen) atoms. The third-order valence-corrected chi connectivity index (χ3v) is 3.06. The van der Waals surface area contributed by atoms with Gasteiger partial charge in [-0.05, 0) is 30.7 Å². The van der Waals surface area contributed by atoms with Crippen molar-refractivity contribution < 1.29 is 14.0 Å². The number of amides is 2. The van der Waals surface area contributed by atoms with Crippen molar-refractivity contribution in [2.45, 2.75) is 19.9 Å². The Morgan fingerprint density at radius 1 is 1.50 bits per heavy atom. The summed E-state index contributed by atoms with van der Waals surface area (Å²) in [5, 5.41) is 5.46. The van der Waals surface area contributed by atoms with E-state index in [1.807, 2.05) is 0 Å². The zero-order valence-electron chi connectivity index (χ0n) is 10.9. The van der Waals surface area contributed by atoms with Gasteiger partial charge in [0.15, 0.2) is 0 Å². The maximum atomic E-state index is 12.0. The van der Waals surface area contributed by atoms with Gasteiger partial charge in [0.05, 0.1) is 19.2 Å². The zero-order chi connectivity index (χ0) is 14.1. The van der Waals surface area contributed by atoms with E-state index in [2.05, 4.69) is 15.6 Å². The molecule has 2 heterocycles. The summed E-state index contributed by atoms with van der Waals surface area (Å²) in [5.74, 6) is 0.904. The lowest BCUT2D eigenvalue weighted by atomic mass is 10.1. The fourth-order valence-electron chi connectivity index (χ4n) is 2.11. The molecule has 0 radical (unpaired) electrons. The summed E-state index contributed by atoms with van der Waals surface area (Å²) in [6, 6.07) is 5.15. The summed E-state index contributed by atoms with van der Waals surface area (Å²) in [6.45, 7) is 2.03. The average molecular weight is 271 g/mol. The quantitative estimate of drug-likeness (QED) is 0.884. The van der Waals surface area contributed by atoms with Crippen LogP contribution in [0.3, 0.4) is 0 Å². The molecule has 1 aromatic carbocycles. The number of aromatic nitrogens is 1. The molecule has 6 heteroatoms. The van der Waals surface area contributed by atoms with Gasteiger partial charge in [0, 0.05) is 11.3 Å². The highest BCUT2D eigenvalue weighted by atomic mass is 16.4. The van der Waals surface area contributed by atoms with Gasteiger partial charge in [-0.15, -0.1) is 0 Å². The smallest absolute Gasteiger partial charge is 0.251 e. The van der Waals surface area contributed by atoms with E-state index in [1.165, 1.54) is 0 Å².